The Kier molecular flexibility index (Phi) is 4.84. The van der Waals surface area contributed by atoms with Crippen molar-refractivity contribution in [1.82, 2.24) is 0 Å². The van der Waals surface area contributed by atoms with Crippen LogP contribution in [0.2, 0.25) is 0 Å². The van der Waals surface area contributed by atoms with Crippen molar-refractivity contribution in [3.8, 4) is 0 Å². The molecule has 21 heavy (non-hydrogen) atoms. The van der Waals surface area contributed by atoms with E-state index in [1.807, 2.05) is 18.2 Å². The number of hydrogen-bond donors (Lipinski definition) is 2. The first-order valence-corrected chi connectivity index (χ1v) is 7.05. The van der Waals surface area contributed by atoms with Crippen molar-refractivity contribution in [1.29, 1.82) is 0 Å². The highest BCUT2D eigenvalue weighted by atomic mass is 79.9. The van der Waals surface area contributed by atoms with Gasteiger partial charge in [-0.05, 0) is 42.5 Å². The third-order valence-electron chi connectivity index (χ3n) is 2.51. The Morgan fingerprint density at radius 3 is 2.19 bits per heavy atom. The van der Waals surface area contributed by atoms with Crippen molar-refractivity contribution in [2.45, 2.75) is 6.18 Å². The monoisotopic (exact) mass is 374 g/mol. The Hall–Kier alpha value is -1.60. The van der Waals surface area contributed by atoms with Crippen LogP contribution in [0.3, 0.4) is 0 Å². The van der Waals surface area contributed by atoms with Gasteiger partial charge >= 0.3 is 6.18 Å². The highest BCUT2D eigenvalue weighted by Gasteiger charge is 2.31. The van der Waals surface area contributed by atoms with E-state index in [1.165, 1.54) is 6.07 Å². The van der Waals surface area contributed by atoms with Crippen molar-refractivity contribution in [3.63, 3.8) is 0 Å². The second-order valence-corrected chi connectivity index (χ2v) is 5.50. The highest BCUT2D eigenvalue weighted by Crippen LogP contribution is 2.33. The van der Waals surface area contributed by atoms with Crippen LogP contribution in [0.4, 0.5) is 24.5 Å². The molecule has 0 heterocycles. The Bertz CT molecular complexity index is 644. The average Bonchev–Trinajstić information content (AvgIpc) is 2.37. The molecule has 0 spiro atoms. The summed E-state index contributed by atoms with van der Waals surface area (Å²) in [6.45, 7) is 0. The summed E-state index contributed by atoms with van der Waals surface area (Å²) in [4.78, 5) is 0. The van der Waals surface area contributed by atoms with Crippen molar-refractivity contribution in [2.75, 3.05) is 10.6 Å². The summed E-state index contributed by atoms with van der Waals surface area (Å²) >= 11 is 8.14. The molecule has 2 nitrogen and oxygen atoms in total. The lowest BCUT2D eigenvalue weighted by atomic mass is 10.2. The van der Waals surface area contributed by atoms with Gasteiger partial charge in [0.2, 0.25) is 0 Å². The van der Waals surface area contributed by atoms with Gasteiger partial charge in [-0.1, -0.05) is 34.1 Å². The van der Waals surface area contributed by atoms with Crippen LogP contribution in [0.1, 0.15) is 5.56 Å². The van der Waals surface area contributed by atoms with Crippen LogP contribution in [-0.4, -0.2) is 5.11 Å². The summed E-state index contributed by atoms with van der Waals surface area (Å²) in [5.74, 6) is 0. The summed E-state index contributed by atoms with van der Waals surface area (Å²) < 4.78 is 38.5. The largest absolute Gasteiger partial charge is 0.416 e. The maximum Gasteiger partial charge on any atom is 0.416 e. The molecular weight excluding hydrogens is 365 g/mol. The first-order chi connectivity index (χ1) is 9.84. The molecule has 0 radical (unpaired) electrons. The smallest absolute Gasteiger partial charge is 0.332 e. The van der Waals surface area contributed by atoms with Gasteiger partial charge in [0.25, 0.3) is 0 Å². The Balaban J connectivity index is 2.12. The van der Waals surface area contributed by atoms with Crippen LogP contribution in [0, 0.1) is 0 Å². The zero-order valence-electron chi connectivity index (χ0n) is 10.5. The van der Waals surface area contributed by atoms with Crippen molar-refractivity contribution >= 4 is 44.6 Å². The van der Waals surface area contributed by atoms with Crippen molar-refractivity contribution in [3.05, 3.63) is 58.6 Å². The van der Waals surface area contributed by atoms with Gasteiger partial charge in [-0.25, -0.2) is 0 Å². The number of nitrogens with one attached hydrogen (secondary N) is 2. The van der Waals surface area contributed by atoms with Crippen LogP contribution in [0.15, 0.2) is 53.0 Å². The third kappa shape index (κ3) is 4.71. The van der Waals surface area contributed by atoms with Crippen molar-refractivity contribution in [2.24, 2.45) is 0 Å². The van der Waals surface area contributed by atoms with Crippen LogP contribution in [-0.2, 0) is 6.18 Å². The fraction of sp³-hybridized carbons (Fsp3) is 0.0714. The van der Waals surface area contributed by atoms with Crippen LogP contribution in [0.5, 0.6) is 0 Å². The van der Waals surface area contributed by atoms with Gasteiger partial charge in [-0.2, -0.15) is 13.2 Å². The fourth-order valence-corrected chi connectivity index (χ4v) is 2.37. The molecule has 0 aliphatic carbocycles. The molecule has 0 aliphatic rings. The number of halogens is 4. The normalized spacial score (nSPS) is 11.0. The summed E-state index contributed by atoms with van der Waals surface area (Å²) in [5, 5.41) is 5.84. The number of benzene rings is 2. The highest BCUT2D eigenvalue weighted by molar-refractivity contribution is 9.10. The van der Waals surface area contributed by atoms with Gasteiger partial charge in [0.05, 0.1) is 5.56 Å². The molecule has 0 saturated carbocycles. The Labute approximate surface area is 133 Å². The average molecular weight is 375 g/mol. The van der Waals surface area contributed by atoms with E-state index in [1.54, 1.807) is 12.1 Å². The standard InChI is InChI=1S/C14H10BrF3N2S/c15-10-6-9(14(16,17)18)7-12(8-10)20-13(21)19-11-4-2-1-3-5-11/h1-8H,(H2,19,20,21). The molecule has 0 atom stereocenters. The predicted molar refractivity (Wildman–Crippen MR) is 85.4 cm³/mol. The number of thiocarbonyl (C=S) groups is 1. The minimum absolute atomic E-state index is 0.215. The van der Waals surface area contributed by atoms with Gasteiger partial charge in [0.15, 0.2) is 5.11 Å². The van der Waals surface area contributed by atoms with E-state index in [-0.39, 0.29) is 10.8 Å². The molecule has 110 valence electrons. The third-order valence-corrected chi connectivity index (χ3v) is 3.18. The minimum atomic E-state index is -4.41. The van der Waals surface area contributed by atoms with E-state index < -0.39 is 11.7 Å². The molecule has 0 amide bonds. The molecule has 2 aromatic rings. The maximum atomic E-state index is 12.7. The van der Waals surface area contributed by atoms with E-state index in [0.29, 0.717) is 4.47 Å². The fourth-order valence-electron chi connectivity index (χ4n) is 1.64. The molecule has 0 fully saturated rings. The number of alkyl halides is 3. The quantitative estimate of drug-likeness (QED) is 0.699. The Morgan fingerprint density at radius 2 is 1.57 bits per heavy atom. The van der Waals surface area contributed by atoms with E-state index in [4.69, 9.17) is 12.2 Å². The lowest BCUT2D eigenvalue weighted by Crippen LogP contribution is -2.19. The summed E-state index contributed by atoms with van der Waals surface area (Å²) in [7, 11) is 0. The molecule has 2 rings (SSSR count). The van der Waals surface area contributed by atoms with Crippen LogP contribution < -0.4 is 10.6 Å². The van der Waals surface area contributed by atoms with E-state index in [9.17, 15) is 13.2 Å². The summed E-state index contributed by atoms with van der Waals surface area (Å²) in [5.41, 5.74) is 0.257. The number of para-hydroxylation sites is 1. The summed E-state index contributed by atoms with van der Waals surface area (Å²) in [6.07, 6.45) is -4.41. The first kappa shape index (κ1) is 15.8. The number of rotatable bonds is 2. The molecule has 2 N–H and O–H groups in total. The molecule has 0 bridgehead atoms. The maximum absolute atomic E-state index is 12.7. The number of hydrogen-bond acceptors (Lipinski definition) is 1. The first-order valence-electron chi connectivity index (χ1n) is 5.85. The van der Waals surface area contributed by atoms with Crippen LogP contribution >= 0.6 is 28.1 Å². The van der Waals surface area contributed by atoms with Crippen molar-refractivity contribution < 1.29 is 13.2 Å². The zero-order chi connectivity index (χ0) is 15.5. The van der Waals surface area contributed by atoms with Gasteiger partial charge in [0, 0.05) is 15.8 Å². The molecule has 0 unspecified atom stereocenters. The molecule has 0 aromatic heterocycles. The lowest BCUT2D eigenvalue weighted by molar-refractivity contribution is -0.137. The van der Waals surface area contributed by atoms with E-state index in [0.717, 1.165) is 17.8 Å². The predicted octanol–water partition coefficient (Wildman–Crippen LogP) is 5.28. The van der Waals surface area contributed by atoms with E-state index in [2.05, 4.69) is 26.6 Å². The van der Waals surface area contributed by atoms with Gasteiger partial charge in [-0.3, -0.25) is 0 Å². The van der Waals surface area contributed by atoms with Gasteiger partial charge < -0.3 is 10.6 Å². The Morgan fingerprint density at radius 1 is 0.952 bits per heavy atom. The molecule has 0 aliphatic heterocycles. The zero-order valence-corrected chi connectivity index (χ0v) is 12.9. The number of anilines is 2. The molecule has 2 aromatic carbocycles. The SMILES string of the molecule is FC(F)(F)c1cc(Br)cc(NC(=S)Nc2ccccc2)c1. The van der Waals surface area contributed by atoms with E-state index >= 15 is 0 Å². The summed E-state index contributed by atoms with van der Waals surface area (Å²) in [6, 6.07) is 12.6. The van der Waals surface area contributed by atoms with Gasteiger partial charge in [-0.15, -0.1) is 0 Å². The molecular formula is C14H10BrF3N2S. The molecule has 7 heteroatoms. The van der Waals surface area contributed by atoms with Crippen LogP contribution in [0.25, 0.3) is 0 Å². The second kappa shape index (κ2) is 6.44. The lowest BCUT2D eigenvalue weighted by Gasteiger charge is -2.13. The topological polar surface area (TPSA) is 24.1 Å². The minimum Gasteiger partial charge on any atom is -0.332 e. The van der Waals surface area contributed by atoms with Gasteiger partial charge in [0.1, 0.15) is 0 Å². The molecule has 0 saturated heterocycles. The second-order valence-electron chi connectivity index (χ2n) is 4.17.